The van der Waals surface area contributed by atoms with Crippen LogP contribution < -0.4 is 0 Å². The standard InChI is InChI=1S/C26H27NO2/c1-19-24(25(29-26(19)28)23-16-10-5-11-17-23)27(18-21-12-6-3-7-13-21)20(2)22-14-8-4-9-15-22/h3-17,19-20,24-25H,18H2,1-2H3/t19-,20+,24-,25+/m1/s1. The molecule has 1 fully saturated rings. The topological polar surface area (TPSA) is 29.5 Å². The third kappa shape index (κ3) is 4.10. The summed E-state index contributed by atoms with van der Waals surface area (Å²) < 4.78 is 5.90. The van der Waals surface area contributed by atoms with Crippen molar-refractivity contribution in [2.45, 2.75) is 38.6 Å². The molecule has 148 valence electrons. The van der Waals surface area contributed by atoms with Crippen molar-refractivity contribution in [3.05, 3.63) is 108 Å². The zero-order valence-electron chi connectivity index (χ0n) is 16.9. The van der Waals surface area contributed by atoms with E-state index in [1.54, 1.807) is 0 Å². The van der Waals surface area contributed by atoms with Crippen LogP contribution in [0.15, 0.2) is 91.0 Å². The molecule has 1 saturated heterocycles. The lowest BCUT2D eigenvalue weighted by molar-refractivity contribution is -0.144. The Morgan fingerprint density at radius 2 is 1.41 bits per heavy atom. The minimum absolute atomic E-state index is 0.0414. The number of carbonyl (C=O) groups excluding carboxylic acids is 1. The molecular formula is C26H27NO2. The molecule has 3 heteroatoms. The van der Waals surface area contributed by atoms with Gasteiger partial charge in [-0.1, -0.05) is 97.9 Å². The highest BCUT2D eigenvalue weighted by atomic mass is 16.6. The summed E-state index contributed by atoms with van der Waals surface area (Å²) >= 11 is 0. The van der Waals surface area contributed by atoms with Gasteiger partial charge in [-0.2, -0.15) is 0 Å². The average Bonchev–Trinajstić information content (AvgIpc) is 3.08. The van der Waals surface area contributed by atoms with Crippen LogP contribution in [0.2, 0.25) is 0 Å². The van der Waals surface area contributed by atoms with Crippen LogP contribution in [0.5, 0.6) is 0 Å². The van der Waals surface area contributed by atoms with Crippen molar-refractivity contribution < 1.29 is 9.53 Å². The van der Waals surface area contributed by atoms with Gasteiger partial charge in [0.05, 0.1) is 12.0 Å². The number of carbonyl (C=O) groups is 1. The average molecular weight is 386 g/mol. The number of cyclic esters (lactones) is 1. The van der Waals surface area contributed by atoms with Crippen molar-refractivity contribution >= 4 is 5.97 Å². The number of ether oxygens (including phenoxy) is 1. The molecule has 0 N–H and O–H groups in total. The Morgan fingerprint density at radius 1 is 0.862 bits per heavy atom. The first kappa shape index (κ1) is 19.4. The summed E-state index contributed by atoms with van der Waals surface area (Å²) in [6.07, 6.45) is -0.270. The Bertz CT molecular complexity index is 927. The summed E-state index contributed by atoms with van der Waals surface area (Å²) in [5, 5.41) is 0. The molecular weight excluding hydrogens is 358 g/mol. The number of benzene rings is 3. The highest BCUT2D eigenvalue weighted by molar-refractivity contribution is 5.76. The van der Waals surface area contributed by atoms with E-state index in [9.17, 15) is 4.79 Å². The summed E-state index contributed by atoms with van der Waals surface area (Å²) in [6.45, 7) is 4.97. The Balaban J connectivity index is 1.74. The molecule has 0 spiro atoms. The monoisotopic (exact) mass is 385 g/mol. The van der Waals surface area contributed by atoms with Crippen molar-refractivity contribution in [1.82, 2.24) is 4.90 Å². The van der Waals surface area contributed by atoms with E-state index in [-0.39, 0.29) is 30.1 Å². The fourth-order valence-electron chi connectivity index (χ4n) is 4.29. The van der Waals surface area contributed by atoms with Crippen molar-refractivity contribution in [2.24, 2.45) is 5.92 Å². The molecule has 0 aromatic heterocycles. The van der Waals surface area contributed by atoms with Crippen LogP contribution in [0.25, 0.3) is 0 Å². The van der Waals surface area contributed by atoms with E-state index in [4.69, 9.17) is 4.74 Å². The van der Waals surface area contributed by atoms with E-state index in [1.165, 1.54) is 11.1 Å². The molecule has 3 aromatic rings. The van der Waals surface area contributed by atoms with Crippen molar-refractivity contribution in [1.29, 1.82) is 0 Å². The maximum atomic E-state index is 12.6. The highest BCUT2D eigenvalue weighted by Gasteiger charge is 2.47. The Morgan fingerprint density at radius 3 is 2.03 bits per heavy atom. The predicted molar refractivity (Wildman–Crippen MR) is 115 cm³/mol. The second-order valence-electron chi connectivity index (χ2n) is 7.79. The molecule has 1 heterocycles. The lowest BCUT2D eigenvalue weighted by Crippen LogP contribution is -2.42. The second kappa shape index (κ2) is 8.62. The molecule has 0 saturated carbocycles. The zero-order valence-corrected chi connectivity index (χ0v) is 16.9. The molecule has 3 nitrogen and oxygen atoms in total. The number of hydrogen-bond acceptors (Lipinski definition) is 3. The molecule has 1 aliphatic heterocycles. The van der Waals surface area contributed by atoms with Gasteiger partial charge in [-0.25, -0.2) is 0 Å². The smallest absolute Gasteiger partial charge is 0.311 e. The first-order valence-electron chi connectivity index (χ1n) is 10.2. The quantitative estimate of drug-likeness (QED) is 0.521. The number of hydrogen-bond donors (Lipinski definition) is 0. The molecule has 0 radical (unpaired) electrons. The SMILES string of the molecule is C[C@H]1C(=O)O[C@@H](c2ccccc2)[C@@H]1N(Cc1ccccc1)[C@@H](C)c1ccccc1. The van der Waals surface area contributed by atoms with Crippen LogP contribution in [0.4, 0.5) is 0 Å². The highest BCUT2D eigenvalue weighted by Crippen LogP contribution is 2.41. The summed E-state index contributed by atoms with van der Waals surface area (Å²) in [6, 6.07) is 31.1. The predicted octanol–water partition coefficient (Wildman–Crippen LogP) is 5.55. The number of nitrogens with zero attached hydrogens (tertiary/aromatic N) is 1. The maximum absolute atomic E-state index is 12.6. The van der Waals surface area contributed by atoms with Crippen LogP contribution in [0.1, 0.15) is 42.7 Å². The van der Waals surface area contributed by atoms with Gasteiger partial charge in [0.2, 0.25) is 0 Å². The van der Waals surface area contributed by atoms with Gasteiger partial charge in [0.1, 0.15) is 6.10 Å². The first-order chi connectivity index (χ1) is 14.1. The lowest BCUT2D eigenvalue weighted by atomic mass is 9.91. The van der Waals surface area contributed by atoms with E-state index >= 15 is 0 Å². The molecule has 3 aromatic carbocycles. The first-order valence-corrected chi connectivity index (χ1v) is 10.2. The van der Waals surface area contributed by atoms with E-state index < -0.39 is 0 Å². The Hall–Kier alpha value is -2.91. The van der Waals surface area contributed by atoms with E-state index in [2.05, 4.69) is 72.5 Å². The van der Waals surface area contributed by atoms with Gasteiger partial charge >= 0.3 is 5.97 Å². The molecule has 0 aliphatic carbocycles. The third-order valence-electron chi connectivity index (χ3n) is 5.94. The summed E-state index contributed by atoms with van der Waals surface area (Å²) in [7, 11) is 0. The Labute approximate surface area is 172 Å². The van der Waals surface area contributed by atoms with Crippen LogP contribution in [-0.2, 0) is 16.1 Å². The second-order valence-corrected chi connectivity index (χ2v) is 7.79. The van der Waals surface area contributed by atoms with Gasteiger partial charge in [-0.3, -0.25) is 9.69 Å². The van der Waals surface area contributed by atoms with Gasteiger partial charge in [0.15, 0.2) is 0 Å². The van der Waals surface area contributed by atoms with Crippen LogP contribution >= 0.6 is 0 Å². The fraction of sp³-hybridized carbons (Fsp3) is 0.269. The summed E-state index contributed by atoms with van der Waals surface area (Å²) in [5.74, 6) is -0.322. The minimum atomic E-state index is -0.270. The molecule has 1 aliphatic rings. The van der Waals surface area contributed by atoms with Crippen LogP contribution in [-0.4, -0.2) is 16.9 Å². The van der Waals surface area contributed by atoms with E-state index in [0.29, 0.717) is 0 Å². The summed E-state index contributed by atoms with van der Waals surface area (Å²) in [4.78, 5) is 15.1. The van der Waals surface area contributed by atoms with Crippen molar-refractivity contribution in [3.8, 4) is 0 Å². The fourth-order valence-corrected chi connectivity index (χ4v) is 4.29. The molecule has 4 atom stereocenters. The molecule has 4 rings (SSSR count). The number of esters is 1. The van der Waals surface area contributed by atoms with Gasteiger partial charge in [0, 0.05) is 12.6 Å². The third-order valence-corrected chi connectivity index (χ3v) is 5.94. The van der Waals surface area contributed by atoms with Gasteiger partial charge in [0.25, 0.3) is 0 Å². The van der Waals surface area contributed by atoms with Crippen molar-refractivity contribution in [2.75, 3.05) is 0 Å². The summed E-state index contributed by atoms with van der Waals surface area (Å²) in [5.41, 5.74) is 3.52. The normalized spacial score (nSPS) is 22.4. The molecule has 0 unspecified atom stereocenters. The van der Waals surface area contributed by atoms with Crippen LogP contribution in [0, 0.1) is 5.92 Å². The van der Waals surface area contributed by atoms with Gasteiger partial charge in [-0.05, 0) is 23.6 Å². The number of rotatable bonds is 6. The minimum Gasteiger partial charge on any atom is -0.456 e. The van der Waals surface area contributed by atoms with Crippen LogP contribution in [0.3, 0.4) is 0 Å². The largest absolute Gasteiger partial charge is 0.456 e. The van der Waals surface area contributed by atoms with E-state index in [0.717, 1.165) is 12.1 Å². The van der Waals surface area contributed by atoms with E-state index in [1.807, 2.05) is 37.3 Å². The molecule has 29 heavy (non-hydrogen) atoms. The van der Waals surface area contributed by atoms with Gasteiger partial charge < -0.3 is 4.74 Å². The Kier molecular flexibility index (Phi) is 5.77. The van der Waals surface area contributed by atoms with Crippen molar-refractivity contribution in [3.63, 3.8) is 0 Å². The molecule has 0 amide bonds. The van der Waals surface area contributed by atoms with Gasteiger partial charge in [-0.15, -0.1) is 0 Å². The lowest BCUT2D eigenvalue weighted by Gasteiger charge is -2.38. The molecule has 0 bridgehead atoms. The maximum Gasteiger partial charge on any atom is 0.311 e. The zero-order chi connectivity index (χ0) is 20.2.